The van der Waals surface area contributed by atoms with Gasteiger partial charge in [-0.05, 0) is 35.7 Å². The third-order valence-corrected chi connectivity index (χ3v) is 4.02. The zero-order valence-corrected chi connectivity index (χ0v) is 14.4. The standard InChI is InChI=1S/C21H21NOS/c24-21-13-7-12-20(16-21)23-22(17-19-10-5-2-6-11-19)15-14-18-8-3-1-4-9-18/h1-13,16,24H,14-15,17H2. The minimum atomic E-state index is 0.741. The number of hydrogen-bond acceptors (Lipinski definition) is 3. The van der Waals surface area contributed by atoms with E-state index in [9.17, 15) is 0 Å². The van der Waals surface area contributed by atoms with E-state index in [2.05, 4.69) is 61.2 Å². The Balaban J connectivity index is 1.70. The first kappa shape index (κ1) is 16.6. The molecule has 0 bridgehead atoms. The fourth-order valence-electron chi connectivity index (χ4n) is 2.53. The molecule has 0 radical (unpaired) electrons. The van der Waals surface area contributed by atoms with Gasteiger partial charge in [0, 0.05) is 11.4 Å². The lowest BCUT2D eigenvalue weighted by Crippen LogP contribution is -2.29. The van der Waals surface area contributed by atoms with Crippen molar-refractivity contribution < 1.29 is 4.84 Å². The average Bonchev–Trinajstić information content (AvgIpc) is 2.61. The average molecular weight is 335 g/mol. The van der Waals surface area contributed by atoms with Crippen LogP contribution < -0.4 is 4.84 Å². The zero-order chi connectivity index (χ0) is 16.6. The van der Waals surface area contributed by atoms with Gasteiger partial charge < -0.3 is 4.84 Å². The maximum absolute atomic E-state index is 6.11. The van der Waals surface area contributed by atoms with Crippen LogP contribution in [0.2, 0.25) is 0 Å². The molecule has 0 aliphatic rings. The van der Waals surface area contributed by atoms with Gasteiger partial charge in [-0.15, -0.1) is 17.7 Å². The lowest BCUT2D eigenvalue weighted by molar-refractivity contribution is -0.0662. The first-order valence-electron chi connectivity index (χ1n) is 8.09. The molecule has 0 heterocycles. The molecule has 3 rings (SSSR count). The molecule has 0 spiro atoms. The third kappa shape index (κ3) is 5.15. The van der Waals surface area contributed by atoms with Crippen LogP contribution in [0.25, 0.3) is 0 Å². The first-order valence-corrected chi connectivity index (χ1v) is 8.54. The molecule has 0 aliphatic heterocycles. The van der Waals surface area contributed by atoms with E-state index in [1.807, 2.05) is 41.5 Å². The highest BCUT2D eigenvalue weighted by atomic mass is 32.1. The van der Waals surface area contributed by atoms with E-state index >= 15 is 0 Å². The van der Waals surface area contributed by atoms with Crippen molar-refractivity contribution >= 4 is 12.6 Å². The Morgan fingerprint density at radius 2 is 1.42 bits per heavy atom. The van der Waals surface area contributed by atoms with Gasteiger partial charge in [0.25, 0.3) is 0 Å². The fourth-order valence-corrected chi connectivity index (χ4v) is 2.75. The first-order chi connectivity index (χ1) is 11.8. The monoisotopic (exact) mass is 335 g/mol. The maximum Gasteiger partial charge on any atom is 0.148 e. The van der Waals surface area contributed by atoms with Crippen molar-refractivity contribution in [2.45, 2.75) is 17.9 Å². The van der Waals surface area contributed by atoms with Gasteiger partial charge in [-0.25, -0.2) is 0 Å². The molecule has 0 saturated heterocycles. The van der Waals surface area contributed by atoms with Crippen LogP contribution in [0.3, 0.4) is 0 Å². The summed E-state index contributed by atoms with van der Waals surface area (Å²) in [7, 11) is 0. The molecular weight excluding hydrogens is 314 g/mol. The summed E-state index contributed by atoms with van der Waals surface area (Å²) in [6.45, 7) is 1.56. The predicted octanol–water partition coefficient (Wildman–Crippen LogP) is 5.01. The Labute approximate surface area is 149 Å². The lowest BCUT2D eigenvalue weighted by Gasteiger charge is -2.23. The van der Waals surface area contributed by atoms with E-state index in [-0.39, 0.29) is 0 Å². The van der Waals surface area contributed by atoms with Gasteiger partial charge in [-0.3, -0.25) is 0 Å². The fraction of sp³-hybridized carbons (Fsp3) is 0.143. The number of nitrogens with zero attached hydrogens (tertiary/aromatic N) is 1. The zero-order valence-electron chi connectivity index (χ0n) is 13.5. The van der Waals surface area contributed by atoms with Gasteiger partial charge in [-0.2, -0.15) is 0 Å². The summed E-state index contributed by atoms with van der Waals surface area (Å²) in [4.78, 5) is 7.00. The van der Waals surface area contributed by atoms with Crippen LogP contribution >= 0.6 is 12.6 Å². The molecule has 122 valence electrons. The number of thiol groups is 1. The van der Waals surface area contributed by atoms with Crippen LogP contribution in [0.15, 0.2) is 89.8 Å². The van der Waals surface area contributed by atoms with Gasteiger partial charge in [0.05, 0.1) is 6.54 Å². The molecule has 2 nitrogen and oxygen atoms in total. The molecule has 3 heteroatoms. The summed E-state index contributed by atoms with van der Waals surface area (Å²) in [6.07, 6.45) is 0.939. The Kier molecular flexibility index (Phi) is 5.94. The highest BCUT2D eigenvalue weighted by Gasteiger charge is 2.09. The van der Waals surface area contributed by atoms with E-state index in [1.54, 1.807) is 0 Å². The van der Waals surface area contributed by atoms with E-state index in [4.69, 9.17) is 4.84 Å². The van der Waals surface area contributed by atoms with Gasteiger partial charge in [0.1, 0.15) is 5.75 Å². The Morgan fingerprint density at radius 1 is 0.750 bits per heavy atom. The van der Waals surface area contributed by atoms with Crippen molar-refractivity contribution in [3.8, 4) is 5.75 Å². The van der Waals surface area contributed by atoms with Crippen molar-refractivity contribution in [2.75, 3.05) is 6.54 Å². The highest BCUT2D eigenvalue weighted by Crippen LogP contribution is 2.18. The molecule has 0 saturated carbocycles. The van der Waals surface area contributed by atoms with Gasteiger partial charge in [0.15, 0.2) is 0 Å². The van der Waals surface area contributed by atoms with Crippen LogP contribution in [0.1, 0.15) is 11.1 Å². The third-order valence-electron chi connectivity index (χ3n) is 3.75. The maximum atomic E-state index is 6.11. The summed E-state index contributed by atoms with van der Waals surface area (Å²) in [5.41, 5.74) is 2.54. The smallest absolute Gasteiger partial charge is 0.148 e. The second kappa shape index (κ2) is 8.57. The van der Waals surface area contributed by atoms with Crippen molar-refractivity contribution in [3.05, 3.63) is 96.1 Å². The minimum Gasteiger partial charge on any atom is -0.406 e. The molecule has 0 amide bonds. The largest absolute Gasteiger partial charge is 0.406 e. The molecule has 0 aliphatic carbocycles. The summed E-state index contributed by atoms with van der Waals surface area (Å²) < 4.78 is 0. The SMILES string of the molecule is Sc1cccc(ON(CCc2ccccc2)Cc2ccccc2)c1. The summed E-state index contributed by atoms with van der Waals surface area (Å²) in [6, 6.07) is 28.7. The van der Waals surface area contributed by atoms with Crippen LogP contribution in [0.5, 0.6) is 5.75 Å². The Bertz CT molecular complexity index is 746. The molecule has 0 unspecified atom stereocenters. The van der Waals surface area contributed by atoms with Crippen LogP contribution in [-0.4, -0.2) is 11.6 Å². The molecule has 0 atom stereocenters. The number of rotatable bonds is 7. The lowest BCUT2D eigenvalue weighted by atomic mass is 10.1. The van der Waals surface area contributed by atoms with Crippen molar-refractivity contribution in [2.24, 2.45) is 0 Å². The molecule has 0 N–H and O–H groups in total. The van der Waals surface area contributed by atoms with E-state index in [0.717, 1.165) is 30.2 Å². The number of hydroxylamine groups is 2. The number of benzene rings is 3. The summed E-state index contributed by atoms with van der Waals surface area (Å²) >= 11 is 4.39. The second-order valence-corrected chi connectivity index (χ2v) is 6.19. The molecular formula is C21H21NOS. The highest BCUT2D eigenvalue weighted by molar-refractivity contribution is 7.80. The van der Waals surface area contributed by atoms with Crippen LogP contribution in [-0.2, 0) is 13.0 Å². The number of hydrogen-bond donors (Lipinski definition) is 1. The normalized spacial score (nSPS) is 10.8. The summed E-state index contributed by atoms with van der Waals surface area (Å²) in [5.74, 6) is 0.812. The van der Waals surface area contributed by atoms with Gasteiger partial charge in [-0.1, -0.05) is 66.7 Å². The Morgan fingerprint density at radius 3 is 2.08 bits per heavy atom. The Hall–Kier alpha value is -2.23. The van der Waals surface area contributed by atoms with Crippen LogP contribution in [0, 0.1) is 0 Å². The minimum absolute atomic E-state index is 0.741. The van der Waals surface area contributed by atoms with Crippen molar-refractivity contribution in [1.82, 2.24) is 5.06 Å². The molecule has 3 aromatic carbocycles. The summed E-state index contributed by atoms with van der Waals surface area (Å²) in [5, 5.41) is 2.00. The second-order valence-electron chi connectivity index (χ2n) is 5.67. The topological polar surface area (TPSA) is 12.5 Å². The van der Waals surface area contributed by atoms with Crippen molar-refractivity contribution in [1.29, 1.82) is 0 Å². The van der Waals surface area contributed by atoms with Crippen molar-refractivity contribution in [3.63, 3.8) is 0 Å². The quantitative estimate of drug-likeness (QED) is 0.481. The van der Waals surface area contributed by atoms with E-state index in [1.165, 1.54) is 11.1 Å². The molecule has 3 aromatic rings. The van der Waals surface area contributed by atoms with Gasteiger partial charge >= 0.3 is 0 Å². The molecule has 0 fully saturated rings. The molecule has 24 heavy (non-hydrogen) atoms. The predicted molar refractivity (Wildman–Crippen MR) is 101 cm³/mol. The van der Waals surface area contributed by atoms with E-state index in [0.29, 0.717) is 0 Å². The van der Waals surface area contributed by atoms with Crippen LogP contribution in [0.4, 0.5) is 0 Å². The van der Waals surface area contributed by atoms with Gasteiger partial charge in [0.2, 0.25) is 0 Å². The van der Waals surface area contributed by atoms with E-state index < -0.39 is 0 Å². The molecule has 0 aromatic heterocycles.